The molecule has 0 fully saturated rings. The molecule has 1 atom stereocenters. The van der Waals surface area contributed by atoms with Crippen molar-refractivity contribution in [3.63, 3.8) is 0 Å². The van der Waals surface area contributed by atoms with Crippen molar-refractivity contribution in [3.8, 4) is 0 Å². The summed E-state index contributed by atoms with van der Waals surface area (Å²) in [6.45, 7) is 3.27. The van der Waals surface area contributed by atoms with Crippen LogP contribution in [0.5, 0.6) is 0 Å². The van der Waals surface area contributed by atoms with Gasteiger partial charge in [-0.25, -0.2) is 0 Å². The summed E-state index contributed by atoms with van der Waals surface area (Å²) in [7, 11) is 0. The second-order valence-electron chi connectivity index (χ2n) is 3.63. The lowest BCUT2D eigenvalue weighted by atomic mass is 10.1. The van der Waals surface area contributed by atoms with Crippen LogP contribution in [0.2, 0.25) is 0 Å². The van der Waals surface area contributed by atoms with Gasteiger partial charge >= 0.3 is 0 Å². The molecule has 0 bridgehead atoms. The van der Waals surface area contributed by atoms with Gasteiger partial charge in [0, 0.05) is 0 Å². The zero-order valence-corrected chi connectivity index (χ0v) is 10.5. The van der Waals surface area contributed by atoms with Crippen LogP contribution in [0.4, 0.5) is 0 Å². The van der Waals surface area contributed by atoms with Crippen LogP contribution in [-0.2, 0) is 0 Å². The number of furan rings is 1. The molecular formula is C12H21NOS. The third-order valence-electron chi connectivity index (χ3n) is 2.46. The Morgan fingerprint density at radius 2 is 2.33 bits per heavy atom. The molecule has 1 aromatic rings. The van der Waals surface area contributed by atoms with Gasteiger partial charge in [-0.3, -0.25) is 0 Å². The lowest BCUT2D eigenvalue weighted by Crippen LogP contribution is -2.21. The third-order valence-corrected chi connectivity index (χ3v) is 3.16. The minimum atomic E-state index is 0.384. The molecular weight excluding hydrogens is 206 g/mol. The van der Waals surface area contributed by atoms with Gasteiger partial charge in [-0.1, -0.05) is 6.92 Å². The van der Waals surface area contributed by atoms with Crippen LogP contribution in [0.15, 0.2) is 22.8 Å². The van der Waals surface area contributed by atoms with Gasteiger partial charge < -0.3 is 9.73 Å². The number of thioether (sulfide) groups is 1. The molecule has 0 spiro atoms. The monoisotopic (exact) mass is 227 g/mol. The highest BCUT2D eigenvalue weighted by molar-refractivity contribution is 7.98. The van der Waals surface area contributed by atoms with Crippen LogP contribution >= 0.6 is 11.8 Å². The van der Waals surface area contributed by atoms with Gasteiger partial charge in [0.1, 0.15) is 5.76 Å². The summed E-state index contributed by atoms with van der Waals surface area (Å²) in [6, 6.07) is 4.38. The second-order valence-corrected chi connectivity index (χ2v) is 4.62. The van der Waals surface area contributed by atoms with Crippen molar-refractivity contribution in [2.75, 3.05) is 18.6 Å². The van der Waals surface area contributed by atoms with Gasteiger partial charge in [0.25, 0.3) is 0 Å². The molecule has 0 aromatic carbocycles. The minimum Gasteiger partial charge on any atom is -0.468 e. The fourth-order valence-corrected chi connectivity index (χ4v) is 2.08. The van der Waals surface area contributed by atoms with E-state index in [9.17, 15) is 0 Å². The van der Waals surface area contributed by atoms with E-state index >= 15 is 0 Å². The Hall–Kier alpha value is -0.410. The highest BCUT2D eigenvalue weighted by Crippen LogP contribution is 2.16. The SMILES string of the molecule is CCC(NCCCCSC)c1ccco1. The lowest BCUT2D eigenvalue weighted by Gasteiger charge is -2.14. The molecule has 2 nitrogen and oxygen atoms in total. The molecule has 1 heterocycles. The molecule has 0 radical (unpaired) electrons. The summed E-state index contributed by atoms with van der Waals surface area (Å²) in [6.07, 6.45) is 7.52. The average Bonchev–Trinajstić information content (AvgIpc) is 2.77. The van der Waals surface area contributed by atoms with Crippen LogP contribution in [-0.4, -0.2) is 18.6 Å². The van der Waals surface area contributed by atoms with Crippen molar-refractivity contribution < 1.29 is 4.42 Å². The van der Waals surface area contributed by atoms with E-state index in [2.05, 4.69) is 18.5 Å². The normalized spacial score (nSPS) is 12.9. The Morgan fingerprint density at radius 3 is 2.93 bits per heavy atom. The van der Waals surface area contributed by atoms with Crippen LogP contribution in [0.1, 0.15) is 38.0 Å². The standard InChI is InChI=1S/C12H21NOS/c1-3-11(12-7-6-9-14-12)13-8-4-5-10-15-2/h6-7,9,11,13H,3-5,8,10H2,1-2H3. The summed E-state index contributed by atoms with van der Waals surface area (Å²) in [5.74, 6) is 2.32. The predicted octanol–water partition coefficient (Wildman–Crippen LogP) is 3.46. The van der Waals surface area contributed by atoms with Crippen molar-refractivity contribution in [2.45, 2.75) is 32.2 Å². The zero-order valence-electron chi connectivity index (χ0n) is 9.66. The summed E-state index contributed by atoms with van der Waals surface area (Å²) >= 11 is 1.92. The summed E-state index contributed by atoms with van der Waals surface area (Å²) in [4.78, 5) is 0. The van der Waals surface area contributed by atoms with E-state index in [0.717, 1.165) is 18.7 Å². The smallest absolute Gasteiger partial charge is 0.120 e. The first-order chi connectivity index (χ1) is 7.38. The van der Waals surface area contributed by atoms with Crippen molar-refractivity contribution in [1.29, 1.82) is 0 Å². The van der Waals surface area contributed by atoms with Crippen molar-refractivity contribution in [3.05, 3.63) is 24.2 Å². The highest BCUT2D eigenvalue weighted by atomic mass is 32.2. The topological polar surface area (TPSA) is 25.2 Å². The van der Waals surface area contributed by atoms with E-state index in [4.69, 9.17) is 4.42 Å². The van der Waals surface area contributed by atoms with Crippen LogP contribution in [0.3, 0.4) is 0 Å². The molecule has 0 aliphatic heterocycles. The molecule has 0 aliphatic rings. The molecule has 1 unspecified atom stereocenters. The van der Waals surface area contributed by atoms with Gasteiger partial charge in [0.2, 0.25) is 0 Å². The Labute approximate surface area is 96.8 Å². The fraction of sp³-hybridized carbons (Fsp3) is 0.667. The molecule has 0 saturated heterocycles. The Kier molecular flexibility index (Phi) is 6.60. The first kappa shape index (κ1) is 12.7. The molecule has 1 aromatic heterocycles. The first-order valence-corrected chi connectivity index (χ1v) is 7.03. The largest absolute Gasteiger partial charge is 0.468 e. The van der Waals surface area contributed by atoms with Crippen LogP contribution in [0.25, 0.3) is 0 Å². The Bertz CT molecular complexity index is 236. The maximum absolute atomic E-state index is 5.40. The Balaban J connectivity index is 2.18. The Morgan fingerprint density at radius 1 is 1.47 bits per heavy atom. The van der Waals surface area contributed by atoms with Crippen LogP contribution in [0, 0.1) is 0 Å². The average molecular weight is 227 g/mol. The van der Waals surface area contributed by atoms with E-state index in [1.165, 1.54) is 18.6 Å². The molecule has 0 amide bonds. The minimum absolute atomic E-state index is 0.384. The van der Waals surface area contributed by atoms with Gasteiger partial charge in [0.15, 0.2) is 0 Å². The molecule has 3 heteroatoms. The van der Waals surface area contributed by atoms with E-state index in [-0.39, 0.29) is 0 Å². The molecule has 86 valence electrons. The number of unbranched alkanes of at least 4 members (excludes halogenated alkanes) is 1. The maximum Gasteiger partial charge on any atom is 0.120 e. The van der Waals surface area contributed by atoms with Gasteiger partial charge in [-0.15, -0.1) is 0 Å². The van der Waals surface area contributed by atoms with Crippen molar-refractivity contribution >= 4 is 11.8 Å². The lowest BCUT2D eigenvalue weighted by molar-refractivity contribution is 0.402. The van der Waals surface area contributed by atoms with E-state index in [0.29, 0.717) is 6.04 Å². The van der Waals surface area contributed by atoms with Gasteiger partial charge in [0.05, 0.1) is 12.3 Å². The van der Waals surface area contributed by atoms with Gasteiger partial charge in [-0.2, -0.15) is 11.8 Å². The van der Waals surface area contributed by atoms with Gasteiger partial charge in [-0.05, 0) is 49.9 Å². The summed E-state index contributed by atoms with van der Waals surface area (Å²) < 4.78 is 5.40. The van der Waals surface area contributed by atoms with Crippen molar-refractivity contribution in [1.82, 2.24) is 5.32 Å². The quantitative estimate of drug-likeness (QED) is 0.688. The number of rotatable bonds is 8. The molecule has 15 heavy (non-hydrogen) atoms. The molecule has 0 aliphatic carbocycles. The highest BCUT2D eigenvalue weighted by Gasteiger charge is 2.09. The predicted molar refractivity (Wildman–Crippen MR) is 67.4 cm³/mol. The molecule has 0 saturated carbocycles. The van der Waals surface area contributed by atoms with Crippen molar-refractivity contribution in [2.24, 2.45) is 0 Å². The zero-order chi connectivity index (χ0) is 10.9. The summed E-state index contributed by atoms with van der Waals surface area (Å²) in [5.41, 5.74) is 0. The maximum atomic E-state index is 5.40. The number of nitrogens with one attached hydrogen (secondary N) is 1. The molecule has 1 N–H and O–H groups in total. The fourth-order valence-electron chi connectivity index (χ4n) is 1.58. The van der Waals surface area contributed by atoms with E-state index in [1.54, 1.807) is 6.26 Å². The molecule has 1 rings (SSSR count). The second kappa shape index (κ2) is 7.83. The third kappa shape index (κ3) is 4.76. The number of hydrogen-bond donors (Lipinski definition) is 1. The van der Waals surface area contributed by atoms with E-state index in [1.807, 2.05) is 23.9 Å². The number of hydrogen-bond acceptors (Lipinski definition) is 3. The first-order valence-electron chi connectivity index (χ1n) is 5.64. The summed E-state index contributed by atoms with van der Waals surface area (Å²) in [5, 5.41) is 3.53. The van der Waals surface area contributed by atoms with E-state index < -0.39 is 0 Å². The van der Waals surface area contributed by atoms with Crippen LogP contribution < -0.4 is 5.32 Å².